The molecule has 1 aliphatic carbocycles. The molecule has 0 aliphatic heterocycles. The lowest BCUT2D eigenvalue weighted by atomic mass is 10.1. The first-order valence-electron chi connectivity index (χ1n) is 8.98. The van der Waals surface area contributed by atoms with Crippen molar-refractivity contribution in [2.45, 2.75) is 32.2 Å². The highest BCUT2D eigenvalue weighted by Crippen LogP contribution is 2.24. The molecule has 2 heterocycles. The zero-order chi connectivity index (χ0) is 19.1. The van der Waals surface area contributed by atoms with Crippen LogP contribution in [0.15, 0.2) is 34.1 Å². The van der Waals surface area contributed by atoms with Crippen LogP contribution in [-0.4, -0.2) is 24.6 Å². The maximum atomic E-state index is 12.4. The molecule has 0 radical (unpaired) electrons. The first-order valence-corrected chi connectivity index (χ1v) is 8.98. The Kier molecular flexibility index (Phi) is 4.18. The highest BCUT2D eigenvalue weighted by molar-refractivity contribution is 5.90. The largest absolute Gasteiger partial charge is 0.332 e. The third-order valence-electron chi connectivity index (χ3n) is 5.18. The number of imidazole rings is 1. The maximum Gasteiger partial charge on any atom is 0.332 e. The van der Waals surface area contributed by atoms with Crippen LogP contribution in [0.3, 0.4) is 0 Å². The fourth-order valence-electron chi connectivity index (χ4n) is 3.66. The summed E-state index contributed by atoms with van der Waals surface area (Å²) in [5.74, 6) is -0.128. The average Bonchev–Trinajstić information content (AvgIpc) is 3.29. The molecule has 8 heteroatoms. The third kappa shape index (κ3) is 2.97. The highest BCUT2D eigenvalue weighted by Gasteiger charge is 2.15. The van der Waals surface area contributed by atoms with Gasteiger partial charge in [-0.15, -0.1) is 0 Å². The molecule has 4 rings (SSSR count). The number of rotatable bonds is 4. The van der Waals surface area contributed by atoms with Crippen LogP contribution in [0.4, 0.5) is 5.69 Å². The Bertz CT molecular complexity index is 1170. The molecule has 0 atom stereocenters. The van der Waals surface area contributed by atoms with Gasteiger partial charge in [0.15, 0.2) is 11.2 Å². The number of benzene rings is 1. The summed E-state index contributed by atoms with van der Waals surface area (Å²) in [7, 11) is 3.00. The van der Waals surface area contributed by atoms with Crippen LogP contribution in [0.5, 0.6) is 0 Å². The second kappa shape index (κ2) is 6.53. The Morgan fingerprint density at radius 2 is 1.93 bits per heavy atom. The Morgan fingerprint density at radius 1 is 1.15 bits per heavy atom. The van der Waals surface area contributed by atoms with Gasteiger partial charge in [-0.3, -0.25) is 18.7 Å². The molecule has 140 valence electrons. The first kappa shape index (κ1) is 17.3. The third-order valence-corrected chi connectivity index (χ3v) is 5.18. The minimum absolute atomic E-state index is 0.128. The van der Waals surface area contributed by atoms with Crippen molar-refractivity contribution in [1.82, 2.24) is 18.7 Å². The highest BCUT2D eigenvalue weighted by atomic mass is 16.2. The van der Waals surface area contributed by atoms with E-state index in [0.717, 1.165) is 29.5 Å². The molecule has 0 bridgehead atoms. The van der Waals surface area contributed by atoms with Gasteiger partial charge in [0.1, 0.15) is 0 Å². The number of aryl methyl sites for hydroxylation is 4. The van der Waals surface area contributed by atoms with Crippen molar-refractivity contribution in [2.24, 2.45) is 14.1 Å². The summed E-state index contributed by atoms with van der Waals surface area (Å²) < 4.78 is 4.00. The van der Waals surface area contributed by atoms with Crippen molar-refractivity contribution in [2.75, 3.05) is 5.32 Å². The Labute approximate surface area is 155 Å². The number of nitrogens with one attached hydrogen (secondary N) is 1. The van der Waals surface area contributed by atoms with Crippen LogP contribution in [0.2, 0.25) is 0 Å². The molecular formula is C19H21N5O3. The number of anilines is 1. The molecule has 27 heavy (non-hydrogen) atoms. The fourth-order valence-corrected chi connectivity index (χ4v) is 3.66. The van der Waals surface area contributed by atoms with E-state index in [1.54, 1.807) is 11.6 Å². The van der Waals surface area contributed by atoms with E-state index in [1.165, 1.54) is 29.1 Å². The lowest BCUT2D eigenvalue weighted by Gasteiger charge is -2.09. The van der Waals surface area contributed by atoms with Crippen LogP contribution < -0.4 is 16.6 Å². The van der Waals surface area contributed by atoms with E-state index in [-0.39, 0.29) is 12.3 Å². The summed E-state index contributed by atoms with van der Waals surface area (Å²) in [6.45, 7) is 0.306. The summed E-state index contributed by atoms with van der Waals surface area (Å²) in [6.07, 6.45) is 5.03. The predicted octanol–water partition coefficient (Wildman–Crippen LogP) is 0.951. The number of hydrogen-bond acceptors (Lipinski definition) is 4. The summed E-state index contributed by atoms with van der Waals surface area (Å²) in [4.78, 5) is 40.9. The maximum absolute atomic E-state index is 12.4. The molecule has 0 spiro atoms. The lowest BCUT2D eigenvalue weighted by molar-refractivity contribution is -0.116. The van der Waals surface area contributed by atoms with Crippen molar-refractivity contribution < 1.29 is 4.79 Å². The van der Waals surface area contributed by atoms with Gasteiger partial charge in [-0.1, -0.05) is 6.07 Å². The molecule has 1 aliphatic rings. The number of hydrogen-bond donors (Lipinski definition) is 1. The van der Waals surface area contributed by atoms with E-state index in [1.807, 2.05) is 12.1 Å². The van der Waals surface area contributed by atoms with Gasteiger partial charge in [-0.2, -0.15) is 0 Å². The fraction of sp³-hybridized carbons (Fsp3) is 0.368. The second-order valence-corrected chi connectivity index (χ2v) is 6.95. The summed E-state index contributed by atoms with van der Waals surface area (Å²) >= 11 is 0. The summed E-state index contributed by atoms with van der Waals surface area (Å²) in [5.41, 5.74) is 3.27. The lowest BCUT2D eigenvalue weighted by Crippen LogP contribution is -2.37. The number of carbonyl (C=O) groups is 1. The first-order chi connectivity index (χ1) is 13.0. The van der Waals surface area contributed by atoms with E-state index < -0.39 is 11.2 Å². The SMILES string of the molecule is Cn1c(=O)c2c(ncn2CCC(=O)Nc2ccc3c(c2)CCC3)n(C)c1=O. The normalized spacial score (nSPS) is 13.1. The Hall–Kier alpha value is -3.16. The minimum Gasteiger partial charge on any atom is -0.326 e. The molecule has 2 aromatic heterocycles. The number of nitrogens with zero attached hydrogens (tertiary/aromatic N) is 4. The van der Waals surface area contributed by atoms with Gasteiger partial charge in [0.25, 0.3) is 5.56 Å². The molecule has 3 aromatic rings. The average molecular weight is 367 g/mol. The van der Waals surface area contributed by atoms with Crippen LogP contribution in [0.1, 0.15) is 24.0 Å². The van der Waals surface area contributed by atoms with Crippen molar-refractivity contribution in [3.05, 3.63) is 56.5 Å². The molecular weight excluding hydrogens is 346 g/mol. The van der Waals surface area contributed by atoms with Crippen molar-refractivity contribution in [3.8, 4) is 0 Å². The van der Waals surface area contributed by atoms with Gasteiger partial charge in [0, 0.05) is 32.7 Å². The molecule has 0 saturated heterocycles. The van der Waals surface area contributed by atoms with E-state index in [0.29, 0.717) is 17.7 Å². The van der Waals surface area contributed by atoms with Gasteiger partial charge in [0.2, 0.25) is 5.91 Å². The topological polar surface area (TPSA) is 90.9 Å². The molecule has 0 saturated carbocycles. The number of fused-ring (bicyclic) bond motifs is 2. The van der Waals surface area contributed by atoms with Gasteiger partial charge in [-0.25, -0.2) is 9.78 Å². The van der Waals surface area contributed by atoms with Crippen LogP contribution in [0, 0.1) is 0 Å². The number of carbonyl (C=O) groups excluding carboxylic acids is 1. The smallest absolute Gasteiger partial charge is 0.326 e. The van der Waals surface area contributed by atoms with Crippen LogP contribution >= 0.6 is 0 Å². The van der Waals surface area contributed by atoms with Crippen molar-refractivity contribution >= 4 is 22.8 Å². The number of amides is 1. The summed E-state index contributed by atoms with van der Waals surface area (Å²) in [5, 5.41) is 2.92. The van der Waals surface area contributed by atoms with Gasteiger partial charge >= 0.3 is 5.69 Å². The van der Waals surface area contributed by atoms with Gasteiger partial charge in [0.05, 0.1) is 6.33 Å². The standard InChI is InChI=1S/C19H21N5O3/c1-22-17-16(18(26)23(2)19(22)27)24(11-20-17)9-8-15(25)21-14-7-6-12-4-3-5-13(12)10-14/h6-7,10-11H,3-5,8-9H2,1-2H3,(H,21,25). The van der Waals surface area contributed by atoms with Crippen LogP contribution in [-0.2, 0) is 38.3 Å². The van der Waals surface area contributed by atoms with Crippen molar-refractivity contribution in [1.29, 1.82) is 0 Å². The molecule has 8 nitrogen and oxygen atoms in total. The Balaban J connectivity index is 1.51. The predicted molar refractivity (Wildman–Crippen MR) is 102 cm³/mol. The van der Waals surface area contributed by atoms with Gasteiger partial charge < -0.3 is 9.88 Å². The van der Waals surface area contributed by atoms with Crippen LogP contribution in [0.25, 0.3) is 11.2 Å². The quantitative estimate of drug-likeness (QED) is 0.743. The molecule has 1 N–H and O–H groups in total. The van der Waals surface area contributed by atoms with E-state index >= 15 is 0 Å². The zero-order valence-electron chi connectivity index (χ0n) is 15.4. The summed E-state index contributed by atoms with van der Waals surface area (Å²) in [6, 6.07) is 6.05. The monoisotopic (exact) mass is 367 g/mol. The van der Waals surface area contributed by atoms with Crippen molar-refractivity contribution in [3.63, 3.8) is 0 Å². The molecule has 1 aromatic carbocycles. The molecule has 1 amide bonds. The zero-order valence-corrected chi connectivity index (χ0v) is 15.4. The molecule has 0 fully saturated rings. The van der Waals surface area contributed by atoms with E-state index in [2.05, 4.69) is 16.4 Å². The molecule has 0 unspecified atom stereocenters. The second-order valence-electron chi connectivity index (χ2n) is 6.95. The van der Waals surface area contributed by atoms with E-state index in [9.17, 15) is 14.4 Å². The van der Waals surface area contributed by atoms with E-state index in [4.69, 9.17) is 0 Å². The Morgan fingerprint density at radius 3 is 2.74 bits per heavy atom. The number of aromatic nitrogens is 4. The minimum atomic E-state index is -0.424. The van der Waals surface area contributed by atoms with Gasteiger partial charge in [-0.05, 0) is 42.5 Å².